The fourth-order valence-corrected chi connectivity index (χ4v) is 4.15. The Morgan fingerprint density at radius 2 is 1.43 bits per heavy atom. The van der Waals surface area contributed by atoms with Gasteiger partial charge in [-0.05, 0) is 11.1 Å². The lowest BCUT2D eigenvalue weighted by atomic mass is 10.1. The second kappa shape index (κ2) is 12.3. The molecular formula is C26H31N3O6. The zero-order chi connectivity index (χ0) is 24.5. The third-order valence-electron chi connectivity index (χ3n) is 6.16. The first-order valence-corrected chi connectivity index (χ1v) is 11.9. The van der Waals surface area contributed by atoms with Gasteiger partial charge >= 0.3 is 18.0 Å². The second-order valence-electron chi connectivity index (χ2n) is 8.63. The monoisotopic (exact) mass is 481 g/mol. The minimum absolute atomic E-state index is 0.0844. The van der Waals surface area contributed by atoms with E-state index in [4.69, 9.17) is 14.2 Å². The van der Waals surface area contributed by atoms with Crippen molar-refractivity contribution in [3.05, 3.63) is 71.8 Å². The maximum Gasteiger partial charge on any atom is 0.410 e. The Balaban J connectivity index is 1.34. The molecule has 0 bridgehead atoms. The van der Waals surface area contributed by atoms with E-state index in [2.05, 4.69) is 4.90 Å². The number of hydrogen-bond donors (Lipinski definition) is 0. The van der Waals surface area contributed by atoms with Gasteiger partial charge in [-0.1, -0.05) is 60.7 Å². The van der Waals surface area contributed by atoms with Crippen molar-refractivity contribution in [2.45, 2.75) is 25.7 Å². The lowest BCUT2D eigenvalue weighted by molar-refractivity contribution is -0.159. The fourth-order valence-electron chi connectivity index (χ4n) is 4.15. The standard InChI is InChI=1S/C26H31N3O6/c30-24(34-18-21-7-3-1-4-8-21)17-23(25(31)35-19-22-9-5-2-6-10-22)28-13-11-27(12-14-28)20-29-15-16-33-26(29)32/h1-10,23H,11-20H2/t23-/m1/s1. The molecule has 9 nitrogen and oxygen atoms in total. The number of benzene rings is 2. The summed E-state index contributed by atoms with van der Waals surface area (Å²) in [6, 6.07) is 18.1. The van der Waals surface area contributed by atoms with Crippen LogP contribution in [0.1, 0.15) is 17.5 Å². The smallest absolute Gasteiger partial charge is 0.410 e. The molecule has 0 N–H and O–H groups in total. The van der Waals surface area contributed by atoms with Gasteiger partial charge in [-0.2, -0.15) is 0 Å². The van der Waals surface area contributed by atoms with Crippen LogP contribution < -0.4 is 0 Å². The molecular weight excluding hydrogens is 450 g/mol. The molecule has 2 aromatic rings. The van der Waals surface area contributed by atoms with Gasteiger partial charge in [0.25, 0.3) is 0 Å². The Morgan fingerprint density at radius 3 is 2.00 bits per heavy atom. The van der Waals surface area contributed by atoms with Crippen LogP contribution in [-0.4, -0.2) is 84.8 Å². The van der Waals surface area contributed by atoms with Gasteiger partial charge in [0.1, 0.15) is 25.9 Å². The Bertz CT molecular complexity index is 979. The van der Waals surface area contributed by atoms with E-state index in [-0.39, 0.29) is 25.7 Å². The summed E-state index contributed by atoms with van der Waals surface area (Å²) in [5.74, 6) is -0.889. The lowest BCUT2D eigenvalue weighted by Crippen LogP contribution is -2.55. The third kappa shape index (κ3) is 7.27. The maximum atomic E-state index is 13.1. The molecule has 2 fully saturated rings. The average molecular weight is 482 g/mol. The zero-order valence-corrected chi connectivity index (χ0v) is 19.7. The summed E-state index contributed by atoms with van der Waals surface area (Å²) in [4.78, 5) is 43.2. The number of hydrogen-bond acceptors (Lipinski definition) is 8. The predicted octanol–water partition coefficient (Wildman–Crippen LogP) is 2.26. The van der Waals surface area contributed by atoms with Crippen molar-refractivity contribution in [1.82, 2.24) is 14.7 Å². The number of cyclic esters (lactones) is 1. The highest BCUT2D eigenvalue weighted by atomic mass is 16.6. The van der Waals surface area contributed by atoms with Crippen LogP contribution in [0.3, 0.4) is 0 Å². The summed E-state index contributed by atoms with van der Waals surface area (Å²) in [6.07, 6.45) is -0.380. The van der Waals surface area contributed by atoms with Crippen molar-refractivity contribution >= 4 is 18.0 Å². The third-order valence-corrected chi connectivity index (χ3v) is 6.16. The van der Waals surface area contributed by atoms with E-state index >= 15 is 0 Å². The first-order valence-electron chi connectivity index (χ1n) is 11.9. The molecule has 0 unspecified atom stereocenters. The Labute approximate surface area is 205 Å². The SMILES string of the molecule is O=C(C[C@H](C(=O)OCc1ccccc1)N1CCN(CN2CCOC2=O)CC1)OCc1ccccc1. The van der Waals surface area contributed by atoms with E-state index in [1.54, 1.807) is 4.90 Å². The molecule has 0 radical (unpaired) electrons. The average Bonchev–Trinajstić information content (AvgIpc) is 3.30. The summed E-state index contributed by atoms with van der Waals surface area (Å²) >= 11 is 0. The van der Waals surface area contributed by atoms with Gasteiger partial charge in [-0.3, -0.25) is 24.3 Å². The van der Waals surface area contributed by atoms with Crippen LogP contribution in [0.5, 0.6) is 0 Å². The molecule has 2 aromatic carbocycles. The molecule has 186 valence electrons. The van der Waals surface area contributed by atoms with Gasteiger partial charge in [0, 0.05) is 26.2 Å². The summed E-state index contributed by atoms with van der Waals surface area (Å²) in [7, 11) is 0. The molecule has 0 aliphatic carbocycles. The number of nitrogens with zero attached hydrogens (tertiary/aromatic N) is 3. The number of ether oxygens (including phenoxy) is 3. The van der Waals surface area contributed by atoms with Gasteiger partial charge in [-0.15, -0.1) is 0 Å². The van der Waals surface area contributed by atoms with E-state index in [9.17, 15) is 14.4 Å². The second-order valence-corrected chi connectivity index (χ2v) is 8.63. The zero-order valence-electron chi connectivity index (χ0n) is 19.7. The molecule has 0 aromatic heterocycles. The first-order chi connectivity index (χ1) is 17.1. The number of esters is 2. The van der Waals surface area contributed by atoms with Crippen LogP contribution in [0.2, 0.25) is 0 Å². The maximum absolute atomic E-state index is 13.1. The van der Waals surface area contributed by atoms with E-state index in [0.717, 1.165) is 11.1 Å². The van der Waals surface area contributed by atoms with E-state index in [1.807, 2.05) is 65.6 Å². The van der Waals surface area contributed by atoms with Crippen LogP contribution in [0.25, 0.3) is 0 Å². The normalized spacial score (nSPS) is 17.6. The number of amides is 1. The molecule has 2 heterocycles. The van der Waals surface area contributed by atoms with Gasteiger partial charge in [-0.25, -0.2) is 4.79 Å². The Morgan fingerprint density at radius 1 is 0.829 bits per heavy atom. The van der Waals surface area contributed by atoms with Crippen LogP contribution >= 0.6 is 0 Å². The van der Waals surface area contributed by atoms with Gasteiger partial charge in [0.15, 0.2) is 0 Å². The van der Waals surface area contributed by atoms with Crippen LogP contribution in [0, 0.1) is 0 Å². The molecule has 9 heteroatoms. The Kier molecular flexibility index (Phi) is 8.69. The molecule has 2 saturated heterocycles. The molecule has 1 amide bonds. The molecule has 35 heavy (non-hydrogen) atoms. The molecule has 1 atom stereocenters. The molecule has 0 saturated carbocycles. The number of piperazine rings is 1. The van der Waals surface area contributed by atoms with Crippen LogP contribution in [0.15, 0.2) is 60.7 Å². The van der Waals surface area contributed by atoms with Gasteiger partial charge in [0.2, 0.25) is 0 Å². The minimum Gasteiger partial charge on any atom is -0.461 e. The molecule has 0 spiro atoms. The van der Waals surface area contributed by atoms with E-state index in [1.165, 1.54) is 0 Å². The van der Waals surface area contributed by atoms with Crippen molar-refractivity contribution in [1.29, 1.82) is 0 Å². The summed E-state index contributed by atoms with van der Waals surface area (Å²) in [5.41, 5.74) is 1.77. The predicted molar refractivity (Wildman–Crippen MR) is 127 cm³/mol. The largest absolute Gasteiger partial charge is 0.461 e. The van der Waals surface area contributed by atoms with Crippen molar-refractivity contribution in [3.63, 3.8) is 0 Å². The quantitative estimate of drug-likeness (QED) is 0.377. The highest BCUT2D eigenvalue weighted by Crippen LogP contribution is 2.15. The highest BCUT2D eigenvalue weighted by Gasteiger charge is 2.34. The van der Waals surface area contributed by atoms with Crippen molar-refractivity contribution in [3.8, 4) is 0 Å². The van der Waals surface area contributed by atoms with Crippen LogP contribution in [-0.2, 0) is 37.0 Å². The van der Waals surface area contributed by atoms with E-state index < -0.39 is 18.0 Å². The summed E-state index contributed by atoms with van der Waals surface area (Å²) in [5, 5.41) is 0. The topological polar surface area (TPSA) is 88.6 Å². The van der Waals surface area contributed by atoms with E-state index in [0.29, 0.717) is 46.0 Å². The van der Waals surface area contributed by atoms with Gasteiger partial charge < -0.3 is 14.2 Å². The fraction of sp³-hybridized carbons (Fsp3) is 0.423. The number of carbonyl (C=O) groups excluding carboxylic acids is 3. The minimum atomic E-state index is -0.735. The number of carbonyl (C=O) groups is 3. The van der Waals surface area contributed by atoms with Crippen molar-refractivity contribution in [2.24, 2.45) is 0 Å². The summed E-state index contributed by atoms with van der Waals surface area (Å²) in [6.45, 7) is 4.25. The lowest BCUT2D eigenvalue weighted by Gasteiger charge is -2.38. The molecule has 2 aliphatic heterocycles. The van der Waals surface area contributed by atoms with Crippen molar-refractivity contribution in [2.75, 3.05) is 46.0 Å². The van der Waals surface area contributed by atoms with Gasteiger partial charge in [0.05, 0.1) is 19.6 Å². The first kappa shape index (κ1) is 24.7. The van der Waals surface area contributed by atoms with Crippen LogP contribution in [0.4, 0.5) is 4.79 Å². The molecule has 4 rings (SSSR count). The van der Waals surface area contributed by atoms with Crippen molar-refractivity contribution < 1.29 is 28.6 Å². The molecule has 2 aliphatic rings. The highest BCUT2D eigenvalue weighted by molar-refractivity contribution is 5.82. The number of rotatable bonds is 10. The summed E-state index contributed by atoms with van der Waals surface area (Å²) < 4.78 is 16.0. The Hall–Kier alpha value is -3.43.